The van der Waals surface area contributed by atoms with Crippen LogP contribution in [0.2, 0.25) is 0 Å². The summed E-state index contributed by atoms with van der Waals surface area (Å²) >= 11 is 5.12. The Kier molecular flexibility index (Phi) is 6.70. The van der Waals surface area contributed by atoms with Gasteiger partial charge in [-0.25, -0.2) is 5.01 Å². The smallest absolute Gasteiger partial charge is 0.253 e. The van der Waals surface area contributed by atoms with Crippen LogP contribution in [-0.2, 0) is 10.5 Å². The van der Waals surface area contributed by atoms with Gasteiger partial charge in [0.05, 0.1) is 17.5 Å². The van der Waals surface area contributed by atoms with E-state index in [-0.39, 0.29) is 11.9 Å². The van der Waals surface area contributed by atoms with Crippen molar-refractivity contribution in [3.8, 4) is 0 Å². The van der Waals surface area contributed by atoms with Gasteiger partial charge in [-0.2, -0.15) is 5.10 Å². The summed E-state index contributed by atoms with van der Waals surface area (Å²) < 4.78 is 1.03. The molecule has 3 aromatic carbocycles. The van der Waals surface area contributed by atoms with E-state index < -0.39 is 0 Å². The summed E-state index contributed by atoms with van der Waals surface area (Å²) in [6.07, 6.45) is 0.722. The number of hydrogen-bond acceptors (Lipinski definition) is 3. The average Bonchev–Trinajstić information content (AvgIpc) is 3.21. The van der Waals surface area contributed by atoms with Crippen LogP contribution >= 0.6 is 27.7 Å². The highest BCUT2D eigenvalue weighted by atomic mass is 79.9. The second-order valence-electron chi connectivity index (χ2n) is 7.40. The number of rotatable bonds is 6. The second kappa shape index (κ2) is 9.63. The molecule has 0 aliphatic carbocycles. The first-order chi connectivity index (χ1) is 14.6. The summed E-state index contributed by atoms with van der Waals surface area (Å²) in [6, 6.07) is 26.7. The van der Waals surface area contributed by atoms with Crippen LogP contribution in [0.1, 0.15) is 34.7 Å². The van der Waals surface area contributed by atoms with E-state index in [0.717, 1.165) is 33.5 Å². The van der Waals surface area contributed by atoms with Crippen molar-refractivity contribution < 1.29 is 4.79 Å². The van der Waals surface area contributed by atoms with Gasteiger partial charge < -0.3 is 0 Å². The third-order valence-electron chi connectivity index (χ3n) is 5.14. The molecule has 1 heterocycles. The van der Waals surface area contributed by atoms with Gasteiger partial charge in [0.15, 0.2) is 0 Å². The average molecular weight is 479 g/mol. The van der Waals surface area contributed by atoms with E-state index in [4.69, 9.17) is 5.10 Å². The minimum atomic E-state index is -0.0610. The Labute approximate surface area is 190 Å². The van der Waals surface area contributed by atoms with Crippen LogP contribution in [0.4, 0.5) is 0 Å². The molecule has 1 aliphatic rings. The van der Waals surface area contributed by atoms with Crippen molar-refractivity contribution in [2.24, 2.45) is 5.10 Å². The quantitative estimate of drug-likeness (QED) is 0.412. The van der Waals surface area contributed by atoms with Crippen molar-refractivity contribution in [3.63, 3.8) is 0 Å². The molecular weight excluding hydrogens is 456 g/mol. The molecule has 0 fully saturated rings. The largest absolute Gasteiger partial charge is 0.272 e. The number of halogens is 1. The molecule has 1 amide bonds. The Balaban J connectivity index is 1.52. The van der Waals surface area contributed by atoms with Gasteiger partial charge in [-0.1, -0.05) is 88.2 Å². The van der Waals surface area contributed by atoms with Crippen molar-refractivity contribution >= 4 is 39.3 Å². The molecule has 1 aliphatic heterocycles. The first kappa shape index (κ1) is 20.9. The summed E-state index contributed by atoms with van der Waals surface area (Å²) in [5, 5.41) is 6.46. The molecule has 0 saturated heterocycles. The monoisotopic (exact) mass is 478 g/mol. The zero-order valence-corrected chi connectivity index (χ0v) is 19.2. The van der Waals surface area contributed by atoms with Gasteiger partial charge in [0.2, 0.25) is 0 Å². The Morgan fingerprint density at radius 2 is 1.73 bits per heavy atom. The molecule has 0 radical (unpaired) electrons. The summed E-state index contributed by atoms with van der Waals surface area (Å²) in [5.74, 6) is 1.28. The van der Waals surface area contributed by atoms with Gasteiger partial charge in [0.1, 0.15) is 0 Å². The van der Waals surface area contributed by atoms with Crippen LogP contribution in [0.25, 0.3) is 0 Å². The molecule has 0 unspecified atom stereocenters. The van der Waals surface area contributed by atoms with Gasteiger partial charge in [0, 0.05) is 16.6 Å². The van der Waals surface area contributed by atoms with Crippen LogP contribution in [0.15, 0.2) is 88.4 Å². The highest BCUT2D eigenvalue weighted by molar-refractivity contribution is 9.10. The Morgan fingerprint density at radius 3 is 2.43 bits per heavy atom. The molecule has 5 heteroatoms. The fourth-order valence-electron chi connectivity index (χ4n) is 3.50. The molecule has 152 valence electrons. The number of amides is 1. The fourth-order valence-corrected chi connectivity index (χ4v) is 4.60. The molecular formula is C25H23BrN2OS. The highest BCUT2D eigenvalue weighted by Gasteiger charge is 2.32. The van der Waals surface area contributed by atoms with Crippen LogP contribution < -0.4 is 0 Å². The number of hydrogen-bond donors (Lipinski definition) is 0. The third-order valence-corrected chi connectivity index (χ3v) is 6.66. The molecule has 0 aromatic heterocycles. The maximum absolute atomic E-state index is 13.1. The van der Waals surface area contributed by atoms with Crippen molar-refractivity contribution in [2.45, 2.75) is 25.1 Å². The van der Waals surface area contributed by atoms with Crippen LogP contribution in [0, 0.1) is 6.92 Å². The molecule has 4 rings (SSSR count). The third kappa shape index (κ3) is 5.02. The SMILES string of the molecule is Cc1ccc([C@@H]2CC(c3ccc(Br)cc3)=NN2C(=O)CSCc2ccccc2)cc1. The Morgan fingerprint density at radius 1 is 1.03 bits per heavy atom. The lowest BCUT2D eigenvalue weighted by atomic mass is 9.98. The van der Waals surface area contributed by atoms with Crippen molar-refractivity contribution in [2.75, 3.05) is 5.75 Å². The number of nitrogens with zero attached hydrogens (tertiary/aromatic N) is 2. The van der Waals surface area contributed by atoms with Crippen molar-refractivity contribution in [1.82, 2.24) is 5.01 Å². The predicted molar refractivity (Wildman–Crippen MR) is 129 cm³/mol. The van der Waals surface area contributed by atoms with E-state index >= 15 is 0 Å². The van der Waals surface area contributed by atoms with Gasteiger partial charge in [-0.05, 0) is 35.7 Å². The van der Waals surface area contributed by atoms with Crippen molar-refractivity contribution in [1.29, 1.82) is 0 Å². The minimum Gasteiger partial charge on any atom is -0.272 e. The summed E-state index contributed by atoms with van der Waals surface area (Å²) in [5.41, 5.74) is 5.57. The first-order valence-electron chi connectivity index (χ1n) is 9.94. The number of carbonyl (C=O) groups excluding carboxylic acids is 1. The van der Waals surface area contributed by atoms with Crippen molar-refractivity contribution in [3.05, 3.63) is 106 Å². The minimum absolute atomic E-state index is 0.0496. The van der Waals surface area contributed by atoms with Crippen LogP contribution in [-0.4, -0.2) is 22.4 Å². The van der Waals surface area contributed by atoms with E-state index in [2.05, 4.69) is 59.3 Å². The van der Waals surface area contributed by atoms with Gasteiger partial charge >= 0.3 is 0 Å². The number of benzene rings is 3. The Hall–Kier alpha value is -2.37. The molecule has 3 nitrogen and oxygen atoms in total. The lowest BCUT2D eigenvalue weighted by Gasteiger charge is -2.22. The molecule has 3 aromatic rings. The summed E-state index contributed by atoms with van der Waals surface area (Å²) in [4.78, 5) is 13.1. The molecule has 0 N–H and O–H groups in total. The predicted octanol–water partition coefficient (Wildman–Crippen LogP) is 6.37. The molecule has 30 heavy (non-hydrogen) atoms. The second-order valence-corrected chi connectivity index (χ2v) is 9.30. The van der Waals surface area contributed by atoms with E-state index in [0.29, 0.717) is 5.75 Å². The zero-order valence-electron chi connectivity index (χ0n) is 16.8. The number of hydrazone groups is 1. The Bertz CT molecular complexity index is 1030. The van der Waals surface area contributed by atoms with Crippen LogP contribution in [0.5, 0.6) is 0 Å². The molecule has 1 atom stereocenters. The van der Waals surface area contributed by atoms with Gasteiger partial charge in [-0.15, -0.1) is 11.8 Å². The summed E-state index contributed by atoms with van der Waals surface area (Å²) in [7, 11) is 0. The lowest BCUT2D eigenvalue weighted by Crippen LogP contribution is -2.28. The van der Waals surface area contributed by atoms with Crippen LogP contribution in [0.3, 0.4) is 0 Å². The topological polar surface area (TPSA) is 32.7 Å². The number of carbonyl (C=O) groups is 1. The maximum Gasteiger partial charge on any atom is 0.253 e. The standard InChI is InChI=1S/C25H23BrN2OS/c1-18-7-9-21(10-8-18)24-15-23(20-11-13-22(26)14-12-20)27-28(24)25(29)17-30-16-19-5-3-2-4-6-19/h2-14,24H,15-17H2,1H3/t24-/m0/s1. The first-order valence-corrected chi connectivity index (χ1v) is 11.9. The summed E-state index contributed by atoms with van der Waals surface area (Å²) in [6.45, 7) is 2.07. The zero-order chi connectivity index (χ0) is 20.9. The normalized spacial score (nSPS) is 15.9. The highest BCUT2D eigenvalue weighted by Crippen LogP contribution is 2.33. The fraction of sp³-hybridized carbons (Fsp3) is 0.200. The molecule has 0 bridgehead atoms. The van der Waals surface area contributed by atoms with E-state index in [9.17, 15) is 4.79 Å². The number of aryl methyl sites for hydroxylation is 1. The maximum atomic E-state index is 13.1. The van der Waals surface area contributed by atoms with Gasteiger partial charge in [0.25, 0.3) is 5.91 Å². The molecule has 0 spiro atoms. The lowest BCUT2D eigenvalue weighted by molar-refractivity contribution is -0.130. The molecule has 0 saturated carbocycles. The van der Waals surface area contributed by atoms with E-state index in [1.165, 1.54) is 11.1 Å². The number of thioether (sulfide) groups is 1. The van der Waals surface area contributed by atoms with Gasteiger partial charge in [-0.3, -0.25) is 4.79 Å². The van der Waals surface area contributed by atoms with E-state index in [1.54, 1.807) is 16.8 Å². The van der Waals surface area contributed by atoms with E-state index in [1.807, 2.05) is 42.5 Å².